The first-order valence-electron chi connectivity index (χ1n) is 7.31. The van der Waals surface area contributed by atoms with Crippen molar-refractivity contribution in [3.63, 3.8) is 0 Å². The maximum Gasteiger partial charge on any atom is 0.271 e. The number of unbranched alkanes of at least 4 members (excludes halogenated alkanes) is 1. The number of ether oxygens (including phenoxy) is 1. The fraction of sp³-hybridized carbons (Fsp3) is 0.294. The molecule has 0 spiro atoms. The molecular weight excluding hydrogens is 280 g/mol. The second kappa shape index (κ2) is 8.02. The number of carbonyl (C=O) groups excluding carboxylic acids is 1. The summed E-state index contributed by atoms with van der Waals surface area (Å²) in [5.74, 6) is 1.88. The second-order valence-corrected chi connectivity index (χ2v) is 4.87. The molecule has 0 saturated carbocycles. The molecule has 1 aromatic heterocycles. The van der Waals surface area contributed by atoms with Gasteiger partial charge in [-0.05, 0) is 49.7 Å². The number of nitrogens with one attached hydrogen (secondary N) is 1. The third-order valence-corrected chi connectivity index (χ3v) is 3.00. The van der Waals surface area contributed by atoms with E-state index in [2.05, 4.69) is 17.5 Å². The zero-order valence-electron chi connectivity index (χ0n) is 12.8. The molecule has 2 aromatic rings. The lowest BCUT2D eigenvalue weighted by atomic mass is 10.2. The Kier molecular flexibility index (Phi) is 5.77. The Balaban J connectivity index is 1.85. The quantitative estimate of drug-likeness (QED) is 0.483. The summed E-state index contributed by atoms with van der Waals surface area (Å²) < 4.78 is 10.9. The molecule has 1 aromatic carbocycles. The van der Waals surface area contributed by atoms with Gasteiger partial charge in [-0.25, -0.2) is 5.43 Å². The van der Waals surface area contributed by atoms with E-state index < -0.39 is 0 Å². The zero-order valence-corrected chi connectivity index (χ0v) is 12.8. The lowest BCUT2D eigenvalue weighted by Gasteiger charge is -2.05. The highest BCUT2D eigenvalue weighted by molar-refractivity contribution is 5.94. The summed E-state index contributed by atoms with van der Waals surface area (Å²) in [6.07, 6.45) is 3.57. The van der Waals surface area contributed by atoms with Crippen LogP contribution in [0.15, 0.2) is 45.9 Å². The summed E-state index contributed by atoms with van der Waals surface area (Å²) in [7, 11) is 0. The Bertz CT molecular complexity index is 630. The standard InChI is InChI=1S/C17H20N2O3/c1-3-4-11-21-15-9-6-14(7-10-15)17(20)19-18-12-16-8-5-13(2)22-16/h5-10,12H,3-4,11H2,1-2H3,(H,19,20). The zero-order chi connectivity index (χ0) is 15.8. The van der Waals surface area contributed by atoms with Crippen LogP contribution in [0.5, 0.6) is 5.75 Å². The molecule has 1 N–H and O–H groups in total. The Morgan fingerprint density at radius 2 is 2.05 bits per heavy atom. The van der Waals surface area contributed by atoms with Crippen molar-refractivity contribution < 1.29 is 13.9 Å². The van der Waals surface area contributed by atoms with Crippen LogP contribution in [0.4, 0.5) is 0 Å². The number of benzene rings is 1. The Morgan fingerprint density at radius 3 is 2.68 bits per heavy atom. The van der Waals surface area contributed by atoms with Gasteiger partial charge < -0.3 is 9.15 Å². The summed E-state index contributed by atoms with van der Waals surface area (Å²) in [6.45, 7) is 4.65. The lowest BCUT2D eigenvalue weighted by molar-refractivity contribution is 0.0955. The molecule has 0 aliphatic heterocycles. The van der Waals surface area contributed by atoms with Gasteiger partial charge in [0.15, 0.2) is 0 Å². The minimum atomic E-state index is -0.278. The maximum atomic E-state index is 11.9. The van der Waals surface area contributed by atoms with Gasteiger partial charge >= 0.3 is 0 Å². The van der Waals surface area contributed by atoms with E-state index in [9.17, 15) is 4.79 Å². The largest absolute Gasteiger partial charge is 0.494 e. The number of rotatable bonds is 7. The van der Waals surface area contributed by atoms with Gasteiger partial charge in [-0.3, -0.25) is 4.79 Å². The number of carbonyl (C=O) groups is 1. The van der Waals surface area contributed by atoms with Gasteiger partial charge in [0, 0.05) is 5.56 Å². The predicted molar refractivity (Wildman–Crippen MR) is 85.4 cm³/mol. The Morgan fingerprint density at radius 1 is 1.27 bits per heavy atom. The van der Waals surface area contributed by atoms with Gasteiger partial charge in [0.25, 0.3) is 5.91 Å². The third kappa shape index (κ3) is 4.77. The molecule has 0 aliphatic rings. The Hall–Kier alpha value is -2.56. The van der Waals surface area contributed by atoms with Crippen LogP contribution in [0, 0.1) is 6.92 Å². The highest BCUT2D eigenvalue weighted by atomic mass is 16.5. The minimum Gasteiger partial charge on any atom is -0.494 e. The average Bonchev–Trinajstić information content (AvgIpc) is 2.93. The number of hydrazone groups is 1. The molecule has 0 bridgehead atoms. The summed E-state index contributed by atoms with van der Waals surface area (Å²) in [5, 5.41) is 3.86. The smallest absolute Gasteiger partial charge is 0.271 e. The summed E-state index contributed by atoms with van der Waals surface area (Å²) in [6, 6.07) is 10.6. The molecule has 0 fully saturated rings. The van der Waals surface area contributed by atoms with E-state index in [0.717, 1.165) is 24.4 Å². The van der Waals surface area contributed by atoms with E-state index >= 15 is 0 Å². The summed E-state index contributed by atoms with van der Waals surface area (Å²) >= 11 is 0. The first-order valence-corrected chi connectivity index (χ1v) is 7.31. The molecule has 0 unspecified atom stereocenters. The fourth-order valence-corrected chi connectivity index (χ4v) is 1.78. The van der Waals surface area contributed by atoms with Gasteiger partial charge in [0.2, 0.25) is 0 Å². The molecule has 0 aliphatic carbocycles. The van der Waals surface area contributed by atoms with E-state index in [-0.39, 0.29) is 5.91 Å². The van der Waals surface area contributed by atoms with E-state index in [1.807, 2.05) is 13.0 Å². The number of nitrogens with zero attached hydrogens (tertiary/aromatic N) is 1. The van der Waals surface area contributed by atoms with Crippen molar-refractivity contribution in [1.29, 1.82) is 0 Å². The number of hydrogen-bond acceptors (Lipinski definition) is 4. The van der Waals surface area contributed by atoms with Crippen LogP contribution in [0.1, 0.15) is 41.6 Å². The van der Waals surface area contributed by atoms with Crippen molar-refractivity contribution in [2.24, 2.45) is 5.10 Å². The van der Waals surface area contributed by atoms with Crippen LogP contribution in [-0.4, -0.2) is 18.7 Å². The fourth-order valence-electron chi connectivity index (χ4n) is 1.78. The number of furan rings is 1. The average molecular weight is 300 g/mol. The molecular formula is C17H20N2O3. The number of aryl methyl sites for hydroxylation is 1. The molecule has 2 rings (SSSR count). The van der Waals surface area contributed by atoms with Gasteiger partial charge in [-0.2, -0.15) is 5.10 Å². The predicted octanol–water partition coefficient (Wildman–Crippen LogP) is 3.53. The second-order valence-electron chi connectivity index (χ2n) is 4.87. The van der Waals surface area contributed by atoms with Crippen LogP contribution < -0.4 is 10.2 Å². The van der Waals surface area contributed by atoms with Crippen molar-refractivity contribution in [3.05, 3.63) is 53.5 Å². The molecule has 0 saturated heterocycles. The SMILES string of the molecule is CCCCOc1ccc(C(=O)NN=Cc2ccc(C)o2)cc1. The van der Waals surface area contributed by atoms with E-state index in [1.54, 1.807) is 30.3 Å². The lowest BCUT2D eigenvalue weighted by Crippen LogP contribution is -2.17. The van der Waals surface area contributed by atoms with Gasteiger partial charge in [-0.15, -0.1) is 0 Å². The van der Waals surface area contributed by atoms with Gasteiger partial charge in [0.1, 0.15) is 17.3 Å². The molecule has 5 nitrogen and oxygen atoms in total. The van der Waals surface area contributed by atoms with Crippen LogP contribution in [0.3, 0.4) is 0 Å². The van der Waals surface area contributed by atoms with Gasteiger partial charge in [-0.1, -0.05) is 13.3 Å². The van der Waals surface area contributed by atoms with Crippen LogP contribution in [0.2, 0.25) is 0 Å². The van der Waals surface area contributed by atoms with Crippen molar-refractivity contribution in [1.82, 2.24) is 5.43 Å². The summed E-state index contributed by atoms with van der Waals surface area (Å²) in [5.41, 5.74) is 2.98. The molecule has 116 valence electrons. The van der Waals surface area contributed by atoms with Crippen LogP contribution in [0.25, 0.3) is 0 Å². The third-order valence-electron chi connectivity index (χ3n) is 3.00. The topological polar surface area (TPSA) is 63.8 Å². The van der Waals surface area contributed by atoms with E-state index in [0.29, 0.717) is 17.9 Å². The summed E-state index contributed by atoms with van der Waals surface area (Å²) in [4.78, 5) is 11.9. The first kappa shape index (κ1) is 15.8. The highest BCUT2D eigenvalue weighted by Gasteiger charge is 2.04. The van der Waals surface area contributed by atoms with Crippen molar-refractivity contribution in [2.45, 2.75) is 26.7 Å². The maximum absolute atomic E-state index is 11.9. The van der Waals surface area contributed by atoms with Crippen LogP contribution in [-0.2, 0) is 0 Å². The molecule has 0 atom stereocenters. The van der Waals surface area contributed by atoms with Crippen molar-refractivity contribution in [3.8, 4) is 5.75 Å². The van der Waals surface area contributed by atoms with Crippen molar-refractivity contribution in [2.75, 3.05) is 6.61 Å². The molecule has 1 amide bonds. The minimum absolute atomic E-state index is 0.278. The monoisotopic (exact) mass is 300 g/mol. The molecule has 22 heavy (non-hydrogen) atoms. The Labute approximate surface area is 130 Å². The number of amides is 1. The normalized spacial score (nSPS) is 10.8. The highest BCUT2D eigenvalue weighted by Crippen LogP contribution is 2.12. The van der Waals surface area contributed by atoms with Gasteiger partial charge in [0.05, 0.1) is 12.8 Å². The van der Waals surface area contributed by atoms with E-state index in [1.165, 1.54) is 6.21 Å². The van der Waals surface area contributed by atoms with E-state index in [4.69, 9.17) is 9.15 Å². The molecule has 0 radical (unpaired) electrons. The molecule has 5 heteroatoms. The van der Waals surface area contributed by atoms with Crippen molar-refractivity contribution >= 4 is 12.1 Å². The van der Waals surface area contributed by atoms with Crippen LogP contribution >= 0.6 is 0 Å². The number of hydrogen-bond donors (Lipinski definition) is 1. The molecule has 1 heterocycles. The first-order chi connectivity index (χ1) is 10.7.